The molecule has 1 aromatic rings. The maximum absolute atomic E-state index is 4.46. The molecule has 0 aromatic carbocycles. The molecule has 0 radical (unpaired) electrons. The van der Waals surface area contributed by atoms with E-state index in [-0.39, 0.29) is 0 Å². The Morgan fingerprint density at radius 3 is 2.69 bits per heavy atom. The molecule has 0 fully saturated rings. The second kappa shape index (κ2) is 4.26. The lowest BCUT2D eigenvalue weighted by Crippen LogP contribution is -2.12. The van der Waals surface area contributed by atoms with Crippen molar-refractivity contribution < 1.29 is 0 Å². The predicted molar refractivity (Wildman–Crippen MR) is 57.3 cm³/mol. The van der Waals surface area contributed by atoms with Crippen LogP contribution in [0.25, 0.3) is 0 Å². The van der Waals surface area contributed by atoms with Crippen LogP contribution in [0.3, 0.4) is 0 Å². The molecule has 0 bridgehead atoms. The first-order chi connectivity index (χ1) is 6.27. The third kappa shape index (κ3) is 2.00. The number of rotatable bonds is 0. The maximum atomic E-state index is 4.46. The summed E-state index contributed by atoms with van der Waals surface area (Å²) in [4.78, 5) is 6.71. The molecule has 1 aliphatic rings. The number of aryl methyl sites for hydroxylation is 1. The summed E-state index contributed by atoms with van der Waals surface area (Å²) in [6.07, 6.45) is 1.10. The third-order valence-corrected chi connectivity index (χ3v) is 2.18. The zero-order chi connectivity index (χ0) is 9.84. The fourth-order valence-corrected chi connectivity index (χ4v) is 1.53. The topological polar surface area (TPSA) is 16.1 Å². The summed E-state index contributed by atoms with van der Waals surface area (Å²) in [7, 11) is 2.11. The molecule has 0 unspecified atom stereocenters. The molecule has 2 heterocycles. The van der Waals surface area contributed by atoms with Crippen LogP contribution in [0.2, 0.25) is 0 Å². The van der Waals surface area contributed by atoms with Gasteiger partial charge in [-0.3, -0.25) is 4.98 Å². The van der Waals surface area contributed by atoms with Crippen LogP contribution < -0.4 is 4.90 Å². The standard InChI is InChI=1S/C9H12N2.C2H6/c1-7-3-4-9-8(10-7)5-6-11(9)2;1-2/h3-4H,5-6H2,1-2H3;1-2H3. The van der Waals surface area contributed by atoms with Crippen LogP contribution in [0.1, 0.15) is 25.2 Å². The van der Waals surface area contributed by atoms with E-state index in [9.17, 15) is 0 Å². The van der Waals surface area contributed by atoms with Crippen LogP contribution in [-0.2, 0) is 6.42 Å². The van der Waals surface area contributed by atoms with Gasteiger partial charge in [0, 0.05) is 25.7 Å². The monoisotopic (exact) mass is 178 g/mol. The Bertz CT molecular complexity index is 281. The Morgan fingerprint density at radius 1 is 1.31 bits per heavy atom. The Labute approximate surface area is 80.6 Å². The second-order valence-electron chi connectivity index (χ2n) is 3.09. The summed E-state index contributed by atoms with van der Waals surface area (Å²) in [6.45, 7) is 7.16. The summed E-state index contributed by atoms with van der Waals surface area (Å²) in [5.41, 5.74) is 3.68. The van der Waals surface area contributed by atoms with Gasteiger partial charge in [-0.15, -0.1) is 0 Å². The van der Waals surface area contributed by atoms with Crippen LogP contribution in [0.15, 0.2) is 12.1 Å². The molecule has 1 aromatic heterocycles. The molecule has 0 saturated carbocycles. The summed E-state index contributed by atoms with van der Waals surface area (Å²) in [5.74, 6) is 0. The zero-order valence-electron chi connectivity index (χ0n) is 8.96. The van der Waals surface area contributed by atoms with Gasteiger partial charge in [-0.2, -0.15) is 0 Å². The molecule has 2 rings (SSSR count). The lowest BCUT2D eigenvalue weighted by Gasteiger charge is -2.10. The first-order valence-electron chi connectivity index (χ1n) is 4.95. The highest BCUT2D eigenvalue weighted by Crippen LogP contribution is 2.24. The fraction of sp³-hybridized carbons (Fsp3) is 0.545. The molecule has 13 heavy (non-hydrogen) atoms. The highest BCUT2D eigenvalue weighted by Gasteiger charge is 2.15. The minimum Gasteiger partial charge on any atom is -0.373 e. The molecule has 2 nitrogen and oxygen atoms in total. The van der Waals surface area contributed by atoms with Crippen molar-refractivity contribution in [3.63, 3.8) is 0 Å². The molecule has 0 atom stereocenters. The van der Waals surface area contributed by atoms with Crippen molar-refractivity contribution in [3.05, 3.63) is 23.5 Å². The minimum absolute atomic E-state index is 1.10. The van der Waals surface area contributed by atoms with Crippen LogP contribution in [-0.4, -0.2) is 18.6 Å². The van der Waals surface area contributed by atoms with Gasteiger partial charge < -0.3 is 4.90 Å². The first-order valence-corrected chi connectivity index (χ1v) is 4.95. The van der Waals surface area contributed by atoms with E-state index in [0.717, 1.165) is 18.7 Å². The number of likely N-dealkylation sites (N-methyl/N-ethyl adjacent to an activating group) is 1. The normalized spacial score (nSPS) is 13.4. The van der Waals surface area contributed by atoms with E-state index in [4.69, 9.17) is 0 Å². The molecule has 0 spiro atoms. The predicted octanol–water partition coefficient (Wildman–Crippen LogP) is 2.41. The Hall–Kier alpha value is -1.05. The summed E-state index contributed by atoms with van der Waals surface area (Å²) < 4.78 is 0. The average Bonchev–Trinajstić information content (AvgIpc) is 2.51. The van der Waals surface area contributed by atoms with Crippen molar-refractivity contribution >= 4 is 5.69 Å². The molecule has 1 aliphatic heterocycles. The molecule has 0 amide bonds. The first kappa shape index (κ1) is 10.0. The van der Waals surface area contributed by atoms with Gasteiger partial charge in [-0.05, 0) is 19.1 Å². The zero-order valence-corrected chi connectivity index (χ0v) is 8.96. The number of anilines is 1. The van der Waals surface area contributed by atoms with Gasteiger partial charge in [0.1, 0.15) is 0 Å². The number of nitrogens with zero attached hydrogens (tertiary/aromatic N) is 2. The number of aromatic nitrogens is 1. The van der Waals surface area contributed by atoms with Gasteiger partial charge in [0.05, 0.1) is 11.4 Å². The van der Waals surface area contributed by atoms with E-state index in [1.165, 1.54) is 11.4 Å². The SMILES string of the molecule is CC.Cc1ccc2c(n1)CCN2C. The van der Waals surface area contributed by atoms with Crippen molar-refractivity contribution in [1.82, 2.24) is 4.98 Å². The van der Waals surface area contributed by atoms with E-state index in [1.807, 2.05) is 20.8 Å². The van der Waals surface area contributed by atoms with E-state index < -0.39 is 0 Å². The average molecular weight is 178 g/mol. The van der Waals surface area contributed by atoms with Crippen molar-refractivity contribution in [1.29, 1.82) is 0 Å². The number of pyridine rings is 1. The van der Waals surface area contributed by atoms with Gasteiger partial charge in [0.15, 0.2) is 0 Å². The fourth-order valence-electron chi connectivity index (χ4n) is 1.53. The maximum Gasteiger partial charge on any atom is 0.0657 e. The summed E-state index contributed by atoms with van der Waals surface area (Å²) in [6, 6.07) is 4.23. The van der Waals surface area contributed by atoms with Crippen LogP contribution in [0, 0.1) is 6.92 Å². The van der Waals surface area contributed by atoms with Crippen molar-refractivity contribution in [2.75, 3.05) is 18.5 Å². The molecule has 0 saturated heterocycles. The van der Waals surface area contributed by atoms with Gasteiger partial charge in [0.2, 0.25) is 0 Å². The quantitative estimate of drug-likeness (QED) is 0.606. The molecule has 72 valence electrons. The number of hydrogen-bond acceptors (Lipinski definition) is 2. The highest BCUT2D eigenvalue weighted by atomic mass is 15.1. The molecular formula is C11H18N2. The molecular weight excluding hydrogens is 160 g/mol. The van der Waals surface area contributed by atoms with Gasteiger partial charge >= 0.3 is 0 Å². The second-order valence-corrected chi connectivity index (χ2v) is 3.09. The van der Waals surface area contributed by atoms with Crippen molar-refractivity contribution in [2.45, 2.75) is 27.2 Å². The van der Waals surface area contributed by atoms with Crippen LogP contribution in [0.5, 0.6) is 0 Å². The van der Waals surface area contributed by atoms with Crippen LogP contribution >= 0.6 is 0 Å². The van der Waals surface area contributed by atoms with Gasteiger partial charge in [-0.1, -0.05) is 13.8 Å². The largest absolute Gasteiger partial charge is 0.373 e. The number of fused-ring (bicyclic) bond motifs is 1. The van der Waals surface area contributed by atoms with Crippen molar-refractivity contribution in [2.24, 2.45) is 0 Å². The molecule has 2 heteroatoms. The van der Waals surface area contributed by atoms with Gasteiger partial charge in [0.25, 0.3) is 0 Å². The van der Waals surface area contributed by atoms with E-state index in [2.05, 4.69) is 29.1 Å². The Balaban J connectivity index is 0.000000396. The van der Waals surface area contributed by atoms with E-state index in [1.54, 1.807) is 0 Å². The summed E-state index contributed by atoms with van der Waals surface area (Å²) in [5, 5.41) is 0. The van der Waals surface area contributed by atoms with E-state index >= 15 is 0 Å². The van der Waals surface area contributed by atoms with Crippen LogP contribution in [0.4, 0.5) is 5.69 Å². The van der Waals surface area contributed by atoms with Gasteiger partial charge in [-0.25, -0.2) is 0 Å². The lowest BCUT2D eigenvalue weighted by atomic mass is 10.2. The van der Waals surface area contributed by atoms with E-state index in [0.29, 0.717) is 0 Å². The highest BCUT2D eigenvalue weighted by molar-refractivity contribution is 5.54. The lowest BCUT2D eigenvalue weighted by molar-refractivity contribution is 0.940. The summed E-state index contributed by atoms with van der Waals surface area (Å²) >= 11 is 0. The minimum atomic E-state index is 1.10. The molecule has 0 N–H and O–H groups in total. The Morgan fingerprint density at radius 2 is 2.00 bits per heavy atom. The third-order valence-electron chi connectivity index (χ3n) is 2.18. The number of hydrogen-bond donors (Lipinski definition) is 0. The molecule has 0 aliphatic carbocycles. The Kier molecular flexibility index (Phi) is 3.29. The van der Waals surface area contributed by atoms with Crippen molar-refractivity contribution in [3.8, 4) is 0 Å². The smallest absolute Gasteiger partial charge is 0.0657 e.